The van der Waals surface area contributed by atoms with E-state index in [0.717, 1.165) is 34.7 Å². The van der Waals surface area contributed by atoms with Gasteiger partial charge >= 0.3 is 0 Å². The molecule has 98 valence electrons. The molecule has 1 aliphatic carbocycles. The number of pyridine rings is 1. The summed E-state index contributed by atoms with van der Waals surface area (Å²) in [6.07, 6.45) is 5.30. The molecule has 2 heteroatoms. The van der Waals surface area contributed by atoms with Gasteiger partial charge in [-0.05, 0) is 41.0 Å². The number of hydrogen-bond donors (Lipinski definition) is 1. The molecule has 1 atom stereocenters. The van der Waals surface area contributed by atoms with Crippen molar-refractivity contribution in [3.05, 3.63) is 77.6 Å². The van der Waals surface area contributed by atoms with E-state index in [1.165, 1.54) is 5.56 Å². The predicted molar refractivity (Wildman–Crippen MR) is 79.5 cm³/mol. The van der Waals surface area contributed by atoms with E-state index < -0.39 is 5.60 Å². The first-order chi connectivity index (χ1) is 9.79. The number of rotatable bonds is 1. The summed E-state index contributed by atoms with van der Waals surface area (Å²) < 4.78 is 0. The van der Waals surface area contributed by atoms with Gasteiger partial charge in [-0.25, -0.2) is 0 Å². The van der Waals surface area contributed by atoms with Crippen molar-refractivity contribution in [1.29, 1.82) is 0 Å². The second-order valence-corrected chi connectivity index (χ2v) is 5.42. The molecule has 0 saturated heterocycles. The van der Waals surface area contributed by atoms with Crippen LogP contribution >= 0.6 is 0 Å². The van der Waals surface area contributed by atoms with Crippen LogP contribution in [-0.4, -0.2) is 10.1 Å². The summed E-state index contributed by atoms with van der Waals surface area (Å²) in [5.74, 6) is 0. The van der Waals surface area contributed by atoms with Crippen molar-refractivity contribution in [1.82, 2.24) is 4.98 Å². The molecule has 1 aromatic heterocycles. The van der Waals surface area contributed by atoms with Gasteiger partial charge in [-0.3, -0.25) is 4.98 Å². The quantitative estimate of drug-likeness (QED) is 0.728. The molecular formula is C18H15NO. The first-order valence-corrected chi connectivity index (χ1v) is 6.93. The number of aromatic nitrogens is 1. The summed E-state index contributed by atoms with van der Waals surface area (Å²) >= 11 is 0. The first kappa shape index (κ1) is 11.6. The van der Waals surface area contributed by atoms with E-state index in [2.05, 4.69) is 17.1 Å². The summed E-state index contributed by atoms with van der Waals surface area (Å²) in [5, 5.41) is 13.4. The van der Waals surface area contributed by atoms with E-state index in [1.807, 2.05) is 42.6 Å². The fourth-order valence-corrected chi connectivity index (χ4v) is 3.35. The SMILES string of the molecule is OC1(c2cccc3ccncc23)CCc2ccccc21. The highest BCUT2D eigenvalue weighted by Gasteiger charge is 2.38. The van der Waals surface area contributed by atoms with Gasteiger partial charge in [0.2, 0.25) is 0 Å². The first-order valence-electron chi connectivity index (χ1n) is 6.93. The molecule has 2 nitrogen and oxygen atoms in total. The molecular weight excluding hydrogens is 246 g/mol. The molecule has 1 heterocycles. The highest BCUT2D eigenvalue weighted by atomic mass is 16.3. The maximum atomic E-state index is 11.3. The summed E-state index contributed by atoms with van der Waals surface area (Å²) in [4.78, 5) is 4.22. The van der Waals surface area contributed by atoms with Gasteiger partial charge in [0.05, 0.1) is 0 Å². The highest BCUT2D eigenvalue weighted by molar-refractivity contribution is 5.86. The van der Waals surface area contributed by atoms with E-state index in [4.69, 9.17) is 0 Å². The third-order valence-corrected chi connectivity index (χ3v) is 4.35. The number of nitrogens with zero attached hydrogens (tertiary/aromatic N) is 1. The second kappa shape index (κ2) is 4.15. The Hall–Kier alpha value is -2.19. The molecule has 1 aliphatic rings. The zero-order valence-corrected chi connectivity index (χ0v) is 11.1. The molecule has 1 unspecified atom stereocenters. The maximum Gasteiger partial charge on any atom is 0.116 e. The van der Waals surface area contributed by atoms with Crippen molar-refractivity contribution in [2.24, 2.45) is 0 Å². The summed E-state index contributed by atoms with van der Waals surface area (Å²) in [6, 6.07) is 16.3. The van der Waals surface area contributed by atoms with Gasteiger partial charge in [0.25, 0.3) is 0 Å². The molecule has 20 heavy (non-hydrogen) atoms. The second-order valence-electron chi connectivity index (χ2n) is 5.42. The Bertz CT molecular complexity index is 791. The lowest BCUT2D eigenvalue weighted by Gasteiger charge is -2.26. The average Bonchev–Trinajstić information content (AvgIpc) is 2.86. The van der Waals surface area contributed by atoms with Crippen LogP contribution in [0.3, 0.4) is 0 Å². The van der Waals surface area contributed by atoms with Crippen molar-refractivity contribution < 1.29 is 5.11 Å². The molecule has 0 radical (unpaired) electrons. The van der Waals surface area contributed by atoms with Crippen LogP contribution < -0.4 is 0 Å². The summed E-state index contributed by atoms with van der Waals surface area (Å²) in [5.41, 5.74) is 2.36. The Morgan fingerprint density at radius 2 is 1.80 bits per heavy atom. The predicted octanol–water partition coefficient (Wildman–Crippen LogP) is 3.42. The fourth-order valence-electron chi connectivity index (χ4n) is 3.35. The Morgan fingerprint density at radius 1 is 0.950 bits per heavy atom. The van der Waals surface area contributed by atoms with Crippen molar-refractivity contribution in [3.63, 3.8) is 0 Å². The lowest BCUT2D eigenvalue weighted by atomic mass is 9.85. The van der Waals surface area contributed by atoms with Crippen LogP contribution in [0, 0.1) is 0 Å². The third kappa shape index (κ3) is 1.52. The van der Waals surface area contributed by atoms with Crippen LogP contribution in [-0.2, 0) is 12.0 Å². The van der Waals surface area contributed by atoms with Gasteiger partial charge in [-0.15, -0.1) is 0 Å². The van der Waals surface area contributed by atoms with Crippen LogP contribution in [0.15, 0.2) is 60.9 Å². The molecule has 2 aromatic carbocycles. The minimum absolute atomic E-state index is 0.736. The highest BCUT2D eigenvalue weighted by Crippen LogP contribution is 2.43. The van der Waals surface area contributed by atoms with Crippen molar-refractivity contribution >= 4 is 10.8 Å². The van der Waals surface area contributed by atoms with Gasteiger partial charge in [0.15, 0.2) is 0 Å². The standard InChI is InChI=1S/C18H15NO/c20-18(10-8-14-4-1-2-6-16(14)18)17-7-3-5-13-9-11-19-12-15(13)17/h1-7,9,11-12,20H,8,10H2. The Morgan fingerprint density at radius 3 is 2.75 bits per heavy atom. The molecule has 0 saturated carbocycles. The number of aryl methyl sites for hydroxylation is 1. The van der Waals surface area contributed by atoms with Gasteiger partial charge in [-0.1, -0.05) is 42.5 Å². The minimum atomic E-state index is -0.890. The minimum Gasteiger partial charge on any atom is -0.380 e. The van der Waals surface area contributed by atoms with Crippen LogP contribution in [0.2, 0.25) is 0 Å². The normalized spacial score (nSPS) is 21.1. The largest absolute Gasteiger partial charge is 0.380 e. The fraction of sp³-hybridized carbons (Fsp3) is 0.167. The monoisotopic (exact) mass is 261 g/mol. The molecule has 0 bridgehead atoms. The molecule has 1 N–H and O–H groups in total. The Kier molecular flexibility index (Phi) is 2.41. The summed E-state index contributed by atoms with van der Waals surface area (Å²) in [7, 11) is 0. The van der Waals surface area contributed by atoms with Crippen molar-refractivity contribution in [3.8, 4) is 0 Å². The Balaban J connectivity index is 2.01. The van der Waals surface area contributed by atoms with E-state index in [-0.39, 0.29) is 0 Å². The van der Waals surface area contributed by atoms with Crippen LogP contribution in [0.5, 0.6) is 0 Å². The van der Waals surface area contributed by atoms with Crippen LogP contribution in [0.4, 0.5) is 0 Å². The molecule has 0 aliphatic heterocycles. The smallest absolute Gasteiger partial charge is 0.116 e. The number of fused-ring (bicyclic) bond motifs is 2. The zero-order valence-electron chi connectivity index (χ0n) is 11.1. The van der Waals surface area contributed by atoms with E-state index in [9.17, 15) is 5.11 Å². The van der Waals surface area contributed by atoms with Crippen molar-refractivity contribution in [2.75, 3.05) is 0 Å². The van der Waals surface area contributed by atoms with Gasteiger partial charge < -0.3 is 5.11 Å². The topological polar surface area (TPSA) is 33.1 Å². The number of benzene rings is 2. The van der Waals surface area contributed by atoms with Gasteiger partial charge in [-0.2, -0.15) is 0 Å². The molecule has 0 spiro atoms. The molecule has 4 rings (SSSR count). The number of aliphatic hydroxyl groups is 1. The van der Waals surface area contributed by atoms with Crippen LogP contribution in [0.25, 0.3) is 10.8 Å². The lowest BCUT2D eigenvalue weighted by Crippen LogP contribution is -2.24. The maximum absolute atomic E-state index is 11.3. The van der Waals surface area contributed by atoms with Gasteiger partial charge in [0.1, 0.15) is 5.60 Å². The van der Waals surface area contributed by atoms with Crippen molar-refractivity contribution in [2.45, 2.75) is 18.4 Å². The summed E-state index contributed by atoms with van der Waals surface area (Å²) in [6.45, 7) is 0. The van der Waals surface area contributed by atoms with Gasteiger partial charge in [0, 0.05) is 17.8 Å². The third-order valence-electron chi connectivity index (χ3n) is 4.35. The van der Waals surface area contributed by atoms with E-state index in [1.54, 1.807) is 6.20 Å². The van der Waals surface area contributed by atoms with Crippen LogP contribution in [0.1, 0.15) is 23.1 Å². The lowest BCUT2D eigenvalue weighted by molar-refractivity contribution is 0.0845. The average molecular weight is 261 g/mol. The van der Waals surface area contributed by atoms with E-state index >= 15 is 0 Å². The van der Waals surface area contributed by atoms with E-state index in [0.29, 0.717) is 0 Å². The molecule has 0 fully saturated rings. The Labute approximate surface area is 117 Å². The molecule has 3 aromatic rings. The number of hydrogen-bond acceptors (Lipinski definition) is 2. The zero-order chi connectivity index (χ0) is 13.6. The molecule has 0 amide bonds.